The fourth-order valence-corrected chi connectivity index (χ4v) is 13.0. The molecule has 0 spiro atoms. The molecule has 6 aliphatic heterocycles. The third kappa shape index (κ3) is 5.82. The van der Waals surface area contributed by atoms with Crippen LogP contribution in [-0.4, -0.2) is 72.3 Å². The number of piperidine rings is 6. The predicted molar refractivity (Wildman–Crippen MR) is 201 cm³/mol. The highest BCUT2D eigenvalue weighted by Crippen LogP contribution is 2.57. The summed E-state index contributed by atoms with van der Waals surface area (Å²) in [5.41, 5.74) is 4.78. The van der Waals surface area contributed by atoms with Crippen LogP contribution in [0.5, 0.6) is 11.5 Å². The van der Waals surface area contributed by atoms with E-state index in [-0.39, 0.29) is 10.5 Å². The van der Waals surface area contributed by atoms with Crippen molar-refractivity contribution in [3.05, 3.63) is 97.4 Å². The van der Waals surface area contributed by atoms with Gasteiger partial charge in [-0.3, -0.25) is 19.8 Å². The highest BCUT2D eigenvalue weighted by molar-refractivity contribution is 8.76. The van der Waals surface area contributed by atoms with E-state index in [4.69, 9.17) is 19.4 Å². The molecule has 2 aromatic carbocycles. The molecule has 0 amide bonds. The minimum atomic E-state index is 0.267. The molecule has 0 saturated carbocycles. The third-order valence-corrected chi connectivity index (χ3v) is 15.1. The number of rotatable bonds is 11. The minimum absolute atomic E-state index is 0.267. The van der Waals surface area contributed by atoms with Gasteiger partial charge in [0.2, 0.25) is 0 Å². The van der Waals surface area contributed by atoms with Crippen molar-refractivity contribution in [1.82, 2.24) is 19.8 Å². The second kappa shape index (κ2) is 13.7. The predicted octanol–water partition coefficient (Wildman–Crippen LogP) is 8.76. The molecule has 250 valence electrons. The van der Waals surface area contributed by atoms with Gasteiger partial charge in [0.1, 0.15) is 11.5 Å². The zero-order valence-electron chi connectivity index (χ0n) is 28.0. The van der Waals surface area contributed by atoms with E-state index in [1.165, 1.54) is 47.6 Å². The lowest BCUT2D eigenvalue weighted by molar-refractivity contribution is 0.0179. The summed E-state index contributed by atoms with van der Waals surface area (Å²) in [5, 5.41) is 2.93. The van der Waals surface area contributed by atoms with Gasteiger partial charge in [0, 0.05) is 48.3 Å². The fourth-order valence-electron chi connectivity index (χ4n) is 9.19. The fraction of sp³-hybridized carbons (Fsp3) is 0.450. The molecule has 48 heavy (non-hydrogen) atoms. The summed E-state index contributed by atoms with van der Waals surface area (Å²) in [6, 6.07) is 18.1. The molecule has 2 unspecified atom stereocenters. The van der Waals surface area contributed by atoms with Crippen LogP contribution in [-0.2, 0) is 0 Å². The second-order valence-corrected chi connectivity index (χ2v) is 16.6. The number of pyridine rings is 2. The Balaban J connectivity index is 1.21. The minimum Gasteiger partial charge on any atom is -0.497 e. The first-order valence-electron chi connectivity index (χ1n) is 17.5. The molecule has 0 N–H and O–H groups in total. The number of hydrogen-bond donors (Lipinski definition) is 0. The van der Waals surface area contributed by atoms with Crippen molar-refractivity contribution in [3.63, 3.8) is 0 Å². The summed E-state index contributed by atoms with van der Waals surface area (Å²) in [4.78, 5) is 15.1. The number of aromatic nitrogens is 2. The summed E-state index contributed by atoms with van der Waals surface area (Å²) < 4.78 is 11.5. The number of nitrogens with zero attached hydrogens (tertiary/aromatic N) is 4. The van der Waals surface area contributed by atoms with E-state index >= 15 is 0 Å². The normalized spacial score (nSPS) is 30.6. The largest absolute Gasteiger partial charge is 0.497 e. The van der Waals surface area contributed by atoms with Crippen molar-refractivity contribution in [2.75, 3.05) is 40.4 Å². The van der Waals surface area contributed by atoms with Crippen LogP contribution in [0.4, 0.5) is 0 Å². The number of benzene rings is 2. The zero-order valence-corrected chi connectivity index (χ0v) is 29.7. The van der Waals surface area contributed by atoms with Crippen molar-refractivity contribution in [2.24, 2.45) is 23.7 Å². The van der Waals surface area contributed by atoms with Crippen LogP contribution in [0, 0.1) is 23.7 Å². The summed E-state index contributed by atoms with van der Waals surface area (Å²) in [6.45, 7) is 13.0. The smallest absolute Gasteiger partial charge is 0.119 e. The molecule has 2 aromatic heterocycles. The highest BCUT2D eigenvalue weighted by Gasteiger charge is 2.46. The quantitative estimate of drug-likeness (QED) is 0.115. The van der Waals surface area contributed by atoms with E-state index in [9.17, 15) is 0 Å². The van der Waals surface area contributed by atoms with Crippen molar-refractivity contribution in [2.45, 2.75) is 48.3 Å². The first-order chi connectivity index (χ1) is 23.6. The van der Waals surface area contributed by atoms with Crippen LogP contribution < -0.4 is 9.47 Å². The first-order valence-corrected chi connectivity index (χ1v) is 19.8. The molecule has 8 heterocycles. The van der Waals surface area contributed by atoms with Gasteiger partial charge in [-0.1, -0.05) is 33.7 Å². The van der Waals surface area contributed by atoms with Gasteiger partial charge in [0.05, 0.1) is 35.8 Å². The Morgan fingerprint density at radius 1 is 0.708 bits per heavy atom. The van der Waals surface area contributed by atoms with E-state index in [2.05, 4.69) is 93.1 Å². The summed E-state index contributed by atoms with van der Waals surface area (Å²) in [7, 11) is 7.68. The summed E-state index contributed by atoms with van der Waals surface area (Å²) in [6.07, 6.45) is 13.3. The molecule has 6 saturated heterocycles. The van der Waals surface area contributed by atoms with E-state index in [1.54, 1.807) is 14.2 Å². The second-order valence-electron chi connectivity index (χ2n) is 14.1. The number of hydrogen-bond acceptors (Lipinski definition) is 8. The van der Waals surface area contributed by atoms with Crippen LogP contribution in [0.2, 0.25) is 0 Å². The van der Waals surface area contributed by atoms with Crippen LogP contribution in [0.25, 0.3) is 21.8 Å². The maximum absolute atomic E-state index is 5.73. The number of ether oxygens (including phenoxy) is 2. The molecular formula is C40H46N4O2S2. The van der Waals surface area contributed by atoms with Gasteiger partial charge in [-0.05, 0) is 122 Å². The highest BCUT2D eigenvalue weighted by atomic mass is 33.1. The molecule has 6 nitrogen and oxygen atoms in total. The standard InChI is InChI=1S/C40H46N4O2S2/c1-5-25-23-43-17-13-27(25)19-37(43)39(31-11-15-41-35-9-7-29(45-3)21-33(31)35)47-48-40(38-20-28-14-18-44(38)24-26(28)6-2)32-12-16-42-36-10-8-30(46-4)22-34(32)36/h5-12,15-16,21-22,25-28,37-40H,1-2,13-14,17-20,23-24H2,3-4H3/t25-,26-,27-,28-,37-,38-,39-,40-/m0/s1. The van der Waals surface area contributed by atoms with E-state index in [0.717, 1.165) is 48.7 Å². The molecule has 4 bridgehead atoms. The Bertz CT molecular complexity index is 1690. The molecular weight excluding hydrogens is 633 g/mol. The topological polar surface area (TPSA) is 50.7 Å². The van der Waals surface area contributed by atoms with E-state index < -0.39 is 0 Å². The molecule has 4 aromatic rings. The van der Waals surface area contributed by atoms with Crippen molar-refractivity contribution >= 4 is 43.4 Å². The van der Waals surface area contributed by atoms with Gasteiger partial charge in [-0.2, -0.15) is 0 Å². The molecule has 10 atom stereocenters. The lowest BCUT2D eigenvalue weighted by Gasteiger charge is -2.52. The summed E-state index contributed by atoms with van der Waals surface area (Å²) in [5.74, 6) is 4.30. The number of methoxy groups -OCH3 is 2. The molecule has 10 rings (SSSR count). The monoisotopic (exact) mass is 678 g/mol. The zero-order chi connectivity index (χ0) is 32.8. The van der Waals surface area contributed by atoms with E-state index in [1.807, 2.05) is 24.5 Å². The Morgan fingerprint density at radius 3 is 1.54 bits per heavy atom. The lowest BCUT2D eigenvalue weighted by atomic mass is 9.74. The maximum Gasteiger partial charge on any atom is 0.119 e. The molecule has 0 radical (unpaired) electrons. The van der Waals surface area contributed by atoms with Gasteiger partial charge in [0.15, 0.2) is 0 Å². The third-order valence-electron chi connectivity index (χ3n) is 11.8. The Hall–Kier alpha value is -3.04. The average molecular weight is 679 g/mol. The van der Waals surface area contributed by atoms with Crippen LogP contribution in [0.1, 0.15) is 47.3 Å². The van der Waals surface area contributed by atoms with Gasteiger partial charge >= 0.3 is 0 Å². The van der Waals surface area contributed by atoms with Gasteiger partial charge in [-0.15, -0.1) is 13.2 Å². The summed E-state index contributed by atoms with van der Waals surface area (Å²) >= 11 is 0. The Labute approximate surface area is 292 Å². The Kier molecular flexibility index (Phi) is 9.18. The van der Waals surface area contributed by atoms with Gasteiger partial charge < -0.3 is 9.47 Å². The van der Waals surface area contributed by atoms with Crippen LogP contribution >= 0.6 is 21.6 Å². The molecule has 6 fully saturated rings. The maximum atomic E-state index is 5.73. The van der Waals surface area contributed by atoms with Gasteiger partial charge in [0.25, 0.3) is 0 Å². The van der Waals surface area contributed by atoms with Crippen molar-refractivity contribution in [3.8, 4) is 11.5 Å². The number of fused-ring (bicyclic) bond motifs is 8. The van der Waals surface area contributed by atoms with Crippen molar-refractivity contribution in [1.29, 1.82) is 0 Å². The van der Waals surface area contributed by atoms with Crippen molar-refractivity contribution < 1.29 is 9.47 Å². The Morgan fingerprint density at radius 2 is 1.17 bits per heavy atom. The SMILES string of the molecule is C=C[C@H]1CN2CC[C@H]1C[C@H]2[C@@H](SS[C@@H](c1ccnc2ccc(OC)cc12)[C@@H]1C[C@@H]2CCN1C[C@@H]2C=C)c1ccnc2ccc(OC)cc12. The molecule has 8 heteroatoms. The molecule has 0 aliphatic carbocycles. The van der Waals surface area contributed by atoms with Crippen LogP contribution in [0.3, 0.4) is 0 Å². The van der Waals surface area contributed by atoms with E-state index in [0.29, 0.717) is 35.8 Å². The van der Waals surface area contributed by atoms with Crippen LogP contribution in [0.15, 0.2) is 86.2 Å². The first kappa shape index (κ1) is 32.2. The lowest BCUT2D eigenvalue weighted by Crippen LogP contribution is -2.54. The van der Waals surface area contributed by atoms with Gasteiger partial charge in [-0.25, -0.2) is 0 Å². The average Bonchev–Trinajstić information content (AvgIpc) is 3.16. The molecule has 6 aliphatic rings.